The van der Waals surface area contributed by atoms with Gasteiger partial charge < -0.3 is 10.1 Å². The summed E-state index contributed by atoms with van der Waals surface area (Å²) < 4.78 is 36.7. The van der Waals surface area contributed by atoms with E-state index in [0.29, 0.717) is 6.07 Å². The van der Waals surface area contributed by atoms with Crippen LogP contribution < -0.4 is 5.56 Å². The van der Waals surface area contributed by atoms with Crippen molar-refractivity contribution in [2.75, 3.05) is 0 Å². The maximum absolute atomic E-state index is 12.7. The molecular weight excluding hydrogens is 187 g/mol. The molecule has 0 saturated carbocycles. The molecule has 0 aliphatic heterocycles. The Bertz CT molecular complexity index is 361. The second-order valence-electron chi connectivity index (χ2n) is 2.34. The summed E-state index contributed by atoms with van der Waals surface area (Å²) >= 11 is 0. The highest BCUT2D eigenvalue weighted by Crippen LogP contribution is 2.15. The first-order valence-electron chi connectivity index (χ1n) is 3.37. The average Bonchev–Trinajstić information content (AvgIpc) is 2.07. The first-order valence-corrected chi connectivity index (χ1v) is 3.37. The van der Waals surface area contributed by atoms with Gasteiger partial charge in [-0.15, -0.1) is 0 Å². The standard InChI is InChI=1S/C7H6F3NO2/c8-4-1-3(6(9)10)7(13)11-5(4)2-12/h1,6,12H,2H2,(H,11,13). The van der Waals surface area contributed by atoms with Crippen molar-refractivity contribution in [3.8, 4) is 0 Å². The van der Waals surface area contributed by atoms with E-state index in [2.05, 4.69) is 0 Å². The van der Waals surface area contributed by atoms with E-state index in [-0.39, 0.29) is 0 Å². The fraction of sp³-hybridized carbons (Fsp3) is 0.286. The molecule has 1 aromatic heterocycles. The Hall–Kier alpha value is -1.30. The molecule has 1 heterocycles. The first kappa shape index (κ1) is 9.79. The summed E-state index contributed by atoms with van der Waals surface area (Å²) in [6, 6.07) is 0.426. The SMILES string of the molecule is O=c1[nH]c(CO)c(F)cc1C(F)F. The number of aliphatic hydroxyl groups is 1. The molecule has 0 aliphatic carbocycles. The van der Waals surface area contributed by atoms with Crippen molar-refractivity contribution in [3.63, 3.8) is 0 Å². The van der Waals surface area contributed by atoms with E-state index in [0.717, 1.165) is 0 Å². The number of aromatic amines is 1. The molecule has 1 rings (SSSR count). The summed E-state index contributed by atoms with van der Waals surface area (Å²) in [5.41, 5.74) is -2.41. The minimum Gasteiger partial charge on any atom is -0.390 e. The van der Waals surface area contributed by atoms with Crippen LogP contribution in [-0.4, -0.2) is 10.1 Å². The van der Waals surface area contributed by atoms with Crippen LogP contribution in [0.5, 0.6) is 0 Å². The predicted octanol–water partition coefficient (Wildman–Crippen LogP) is 0.944. The molecule has 0 atom stereocenters. The average molecular weight is 193 g/mol. The Labute approximate surface area is 70.8 Å². The van der Waals surface area contributed by atoms with Crippen LogP contribution in [0.15, 0.2) is 10.9 Å². The summed E-state index contributed by atoms with van der Waals surface area (Å²) in [4.78, 5) is 12.6. The largest absolute Gasteiger partial charge is 0.390 e. The van der Waals surface area contributed by atoms with Gasteiger partial charge in [-0.05, 0) is 6.07 Å². The van der Waals surface area contributed by atoms with Crippen LogP contribution >= 0.6 is 0 Å². The van der Waals surface area contributed by atoms with Crippen LogP contribution in [0.1, 0.15) is 17.7 Å². The number of aromatic nitrogens is 1. The lowest BCUT2D eigenvalue weighted by Gasteiger charge is -2.01. The van der Waals surface area contributed by atoms with Gasteiger partial charge in [0, 0.05) is 0 Å². The van der Waals surface area contributed by atoms with Crippen LogP contribution in [0.2, 0.25) is 0 Å². The molecule has 0 fully saturated rings. The molecule has 13 heavy (non-hydrogen) atoms. The van der Waals surface area contributed by atoms with E-state index in [9.17, 15) is 18.0 Å². The Balaban J connectivity index is 3.29. The van der Waals surface area contributed by atoms with Crippen molar-refractivity contribution < 1.29 is 18.3 Å². The first-order chi connectivity index (χ1) is 6.06. The molecular formula is C7H6F3NO2. The van der Waals surface area contributed by atoms with Gasteiger partial charge in [0.05, 0.1) is 17.9 Å². The second kappa shape index (κ2) is 3.61. The van der Waals surface area contributed by atoms with Gasteiger partial charge in [0.25, 0.3) is 12.0 Å². The van der Waals surface area contributed by atoms with E-state index >= 15 is 0 Å². The lowest BCUT2D eigenvalue weighted by Crippen LogP contribution is -2.16. The maximum atomic E-state index is 12.7. The summed E-state index contributed by atoms with van der Waals surface area (Å²) in [6.07, 6.45) is -3.02. The van der Waals surface area contributed by atoms with Crippen molar-refractivity contribution in [2.24, 2.45) is 0 Å². The summed E-state index contributed by atoms with van der Waals surface area (Å²) in [6.45, 7) is -0.732. The molecule has 3 nitrogen and oxygen atoms in total. The predicted molar refractivity (Wildman–Crippen MR) is 37.9 cm³/mol. The third-order valence-corrected chi connectivity index (χ3v) is 1.49. The third kappa shape index (κ3) is 1.89. The van der Waals surface area contributed by atoms with Crippen LogP contribution in [0.3, 0.4) is 0 Å². The van der Waals surface area contributed by atoms with Crippen LogP contribution in [0.4, 0.5) is 13.2 Å². The van der Waals surface area contributed by atoms with E-state index in [1.54, 1.807) is 0 Å². The number of nitrogens with one attached hydrogen (secondary N) is 1. The topological polar surface area (TPSA) is 53.1 Å². The molecule has 0 aromatic carbocycles. The van der Waals surface area contributed by atoms with Gasteiger partial charge in [-0.2, -0.15) is 0 Å². The summed E-state index contributed by atoms with van der Waals surface area (Å²) in [5.74, 6) is -1.04. The van der Waals surface area contributed by atoms with Crippen LogP contribution in [-0.2, 0) is 6.61 Å². The Morgan fingerprint density at radius 3 is 2.62 bits per heavy atom. The lowest BCUT2D eigenvalue weighted by atomic mass is 10.2. The number of halogens is 3. The molecule has 0 bridgehead atoms. The van der Waals surface area contributed by atoms with Gasteiger partial charge in [0.15, 0.2) is 0 Å². The Kier molecular flexibility index (Phi) is 2.72. The van der Waals surface area contributed by atoms with Gasteiger partial charge in [-0.1, -0.05) is 0 Å². The molecule has 0 unspecified atom stereocenters. The van der Waals surface area contributed by atoms with E-state index in [4.69, 9.17) is 5.11 Å². The highest BCUT2D eigenvalue weighted by molar-refractivity contribution is 5.17. The highest BCUT2D eigenvalue weighted by atomic mass is 19.3. The number of aliphatic hydroxyl groups excluding tert-OH is 1. The molecule has 0 amide bonds. The highest BCUT2D eigenvalue weighted by Gasteiger charge is 2.15. The number of alkyl halides is 2. The number of pyridine rings is 1. The smallest absolute Gasteiger partial charge is 0.269 e. The van der Waals surface area contributed by atoms with E-state index in [1.165, 1.54) is 0 Å². The molecule has 0 saturated heterocycles. The Morgan fingerprint density at radius 2 is 2.15 bits per heavy atom. The zero-order chi connectivity index (χ0) is 10.0. The monoisotopic (exact) mass is 193 g/mol. The normalized spacial score (nSPS) is 10.8. The maximum Gasteiger partial charge on any atom is 0.269 e. The molecule has 72 valence electrons. The Morgan fingerprint density at radius 1 is 1.54 bits per heavy atom. The molecule has 0 radical (unpaired) electrons. The zero-order valence-electron chi connectivity index (χ0n) is 6.35. The quantitative estimate of drug-likeness (QED) is 0.734. The van der Waals surface area contributed by atoms with E-state index in [1.807, 2.05) is 4.98 Å². The van der Waals surface area contributed by atoms with Crippen molar-refractivity contribution in [1.82, 2.24) is 4.98 Å². The van der Waals surface area contributed by atoms with E-state index < -0.39 is 35.7 Å². The minimum absolute atomic E-state index is 0.394. The van der Waals surface area contributed by atoms with Gasteiger partial charge >= 0.3 is 0 Å². The van der Waals surface area contributed by atoms with Gasteiger partial charge in [0.1, 0.15) is 5.82 Å². The fourth-order valence-electron chi connectivity index (χ4n) is 0.835. The van der Waals surface area contributed by atoms with Crippen LogP contribution in [0, 0.1) is 5.82 Å². The molecule has 6 heteroatoms. The second-order valence-corrected chi connectivity index (χ2v) is 2.34. The van der Waals surface area contributed by atoms with Crippen molar-refractivity contribution >= 4 is 0 Å². The lowest BCUT2D eigenvalue weighted by molar-refractivity contribution is 0.148. The van der Waals surface area contributed by atoms with Gasteiger partial charge in [-0.3, -0.25) is 4.79 Å². The summed E-state index contributed by atoms with van der Waals surface area (Å²) in [7, 11) is 0. The zero-order valence-corrected chi connectivity index (χ0v) is 6.35. The molecule has 0 spiro atoms. The van der Waals surface area contributed by atoms with Crippen molar-refractivity contribution in [2.45, 2.75) is 13.0 Å². The summed E-state index contributed by atoms with van der Waals surface area (Å²) in [5, 5.41) is 8.47. The number of hydrogen-bond donors (Lipinski definition) is 2. The fourth-order valence-corrected chi connectivity index (χ4v) is 0.835. The number of hydrogen-bond acceptors (Lipinski definition) is 2. The van der Waals surface area contributed by atoms with Crippen molar-refractivity contribution in [3.05, 3.63) is 33.5 Å². The molecule has 2 N–H and O–H groups in total. The van der Waals surface area contributed by atoms with Gasteiger partial charge in [0.2, 0.25) is 0 Å². The van der Waals surface area contributed by atoms with Crippen molar-refractivity contribution in [1.29, 1.82) is 0 Å². The van der Waals surface area contributed by atoms with Gasteiger partial charge in [-0.25, -0.2) is 13.2 Å². The number of rotatable bonds is 2. The molecule has 1 aromatic rings. The molecule has 0 aliphatic rings. The van der Waals surface area contributed by atoms with Crippen LogP contribution in [0.25, 0.3) is 0 Å². The third-order valence-electron chi connectivity index (χ3n) is 1.49. The minimum atomic E-state index is -3.02. The number of H-pyrrole nitrogens is 1.